The lowest BCUT2D eigenvalue weighted by molar-refractivity contribution is -0.691. The van der Waals surface area contributed by atoms with E-state index in [0.717, 1.165) is 45.4 Å². The third kappa shape index (κ3) is 9.62. The number of hydrogen-bond donors (Lipinski definition) is 3. The first-order chi connectivity index (χ1) is 26.0. The van der Waals surface area contributed by atoms with Gasteiger partial charge in [0.2, 0.25) is 5.88 Å². The molecule has 0 amide bonds. The molecule has 0 atom stereocenters. The first-order valence-electron chi connectivity index (χ1n) is 18.2. The number of halogens is 2. The molecule has 7 rings (SSSR count). The Labute approximate surface area is 325 Å². The second kappa shape index (κ2) is 18.9. The molecule has 284 valence electrons. The quantitative estimate of drug-likeness (QED) is 0.0877. The Balaban J connectivity index is 0.000000184. The predicted octanol–water partition coefficient (Wildman–Crippen LogP) is 7.04. The van der Waals surface area contributed by atoms with Gasteiger partial charge in [0.1, 0.15) is 5.56 Å². The number of carbonyl (C=O) groups is 2. The molecule has 0 aliphatic carbocycles. The molecule has 4 aromatic carbocycles. The number of benzene rings is 4. The SMILES string of the molecule is C1CN[NH2+]C1.CCOC(=O)C(C(=O)OCC)c1cc(-c2cccc(Cl)c2)ccc1C.Cc1ccc(-c2cccc(Cl)c2)cc1-c1c(O)n2n(c1=O)CCC2. The van der Waals surface area contributed by atoms with Crippen LogP contribution >= 0.6 is 23.2 Å². The molecular formula is C42H47Cl2N4O6+. The molecule has 3 heterocycles. The van der Waals surface area contributed by atoms with E-state index in [1.54, 1.807) is 29.3 Å². The lowest BCUT2D eigenvalue weighted by atomic mass is 9.91. The third-order valence-electron chi connectivity index (χ3n) is 9.22. The maximum Gasteiger partial charge on any atom is 0.324 e. The molecule has 0 saturated carbocycles. The number of hydrogen-bond acceptors (Lipinski definition) is 7. The summed E-state index contributed by atoms with van der Waals surface area (Å²) in [6, 6.07) is 26.5. The van der Waals surface area contributed by atoms with Crippen LogP contribution in [0.25, 0.3) is 33.4 Å². The van der Waals surface area contributed by atoms with Crippen LogP contribution in [0.2, 0.25) is 10.0 Å². The van der Waals surface area contributed by atoms with Crippen molar-refractivity contribution in [1.29, 1.82) is 0 Å². The van der Waals surface area contributed by atoms with Gasteiger partial charge in [-0.25, -0.2) is 4.68 Å². The fraction of sp³-hybridized carbons (Fsp3) is 0.310. The fourth-order valence-corrected chi connectivity index (χ4v) is 6.86. The minimum absolute atomic E-state index is 0.0591. The van der Waals surface area contributed by atoms with E-state index in [1.807, 2.05) is 92.7 Å². The largest absolute Gasteiger partial charge is 0.493 e. The molecule has 1 fully saturated rings. The average molecular weight is 775 g/mol. The Morgan fingerprint density at radius 3 is 1.83 bits per heavy atom. The Morgan fingerprint density at radius 1 is 0.778 bits per heavy atom. The van der Waals surface area contributed by atoms with Crippen LogP contribution in [0.4, 0.5) is 0 Å². The lowest BCUT2D eigenvalue weighted by Crippen LogP contribution is -2.89. The molecular weight excluding hydrogens is 727 g/mol. The molecule has 54 heavy (non-hydrogen) atoms. The molecule has 2 aliphatic rings. The number of nitrogens with zero attached hydrogens (tertiary/aromatic N) is 2. The summed E-state index contributed by atoms with van der Waals surface area (Å²) in [4.78, 5) is 37.4. The van der Waals surface area contributed by atoms with Crippen molar-refractivity contribution < 1.29 is 29.6 Å². The van der Waals surface area contributed by atoms with Gasteiger partial charge in [-0.3, -0.25) is 24.5 Å². The zero-order valence-electron chi connectivity index (χ0n) is 31.0. The van der Waals surface area contributed by atoms with Crippen LogP contribution < -0.4 is 16.4 Å². The Hall–Kier alpha value is -4.87. The highest BCUT2D eigenvalue weighted by molar-refractivity contribution is 6.31. The Kier molecular flexibility index (Phi) is 14.1. The Morgan fingerprint density at radius 2 is 1.33 bits per heavy atom. The summed E-state index contributed by atoms with van der Waals surface area (Å²) in [5.41, 5.74) is 12.3. The van der Waals surface area contributed by atoms with Crippen molar-refractivity contribution in [1.82, 2.24) is 14.8 Å². The van der Waals surface area contributed by atoms with Gasteiger partial charge >= 0.3 is 11.9 Å². The highest BCUT2D eigenvalue weighted by Gasteiger charge is 2.33. The molecule has 1 aromatic heterocycles. The summed E-state index contributed by atoms with van der Waals surface area (Å²) in [6.07, 6.45) is 2.21. The maximum absolute atomic E-state index is 12.7. The van der Waals surface area contributed by atoms with E-state index in [1.165, 1.54) is 19.5 Å². The zero-order valence-corrected chi connectivity index (χ0v) is 32.5. The summed E-state index contributed by atoms with van der Waals surface area (Å²) in [5, 5.41) is 11.8. The topological polar surface area (TPSA) is 128 Å². The van der Waals surface area contributed by atoms with Crippen molar-refractivity contribution in [2.45, 2.75) is 59.5 Å². The van der Waals surface area contributed by atoms with Crippen LogP contribution in [0.15, 0.2) is 89.7 Å². The van der Waals surface area contributed by atoms with E-state index < -0.39 is 17.9 Å². The zero-order chi connectivity index (χ0) is 38.8. The van der Waals surface area contributed by atoms with Crippen LogP contribution in [0.1, 0.15) is 49.3 Å². The first kappa shape index (κ1) is 40.3. The van der Waals surface area contributed by atoms with Gasteiger partial charge in [0.25, 0.3) is 5.56 Å². The number of rotatable bonds is 8. The highest BCUT2D eigenvalue weighted by atomic mass is 35.5. The van der Waals surface area contributed by atoms with E-state index in [0.29, 0.717) is 34.3 Å². The lowest BCUT2D eigenvalue weighted by Gasteiger charge is -2.18. The standard InChI is InChI=1S/C20H21ClO4.C19H17ClN2O2.C3H8N2/c1-4-24-19(22)18(20(23)25-5-2)17-12-15(10-9-13(17)3)14-7-6-8-16(21)11-14;1-12-6-7-14(13-4-2-5-15(20)10-13)11-16(12)17-18(23)21-8-3-9-22(21)19(17)24;1-2-4-5-3-1/h6-12,18H,4-5H2,1-3H3;2,4-7,10-11,23H,3,8-9H2,1H3;4-5H,1-3H2/p+1. The van der Waals surface area contributed by atoms with Gasteiger partial charge in [-0.1, -0.05) is 71.7 Å². The number of esters is 2. The van der Waals surface area contributed by atoms with Gasteiger partial charge in [-0.15, -0.1) is 0 Å². The minimum Gasteiger partial charge on any atom is -0.493 e. The minimum atomic E-state index is -1.10. The molecule has 0 unspecified atom stereocenters. The van der Waals surface area contributed by atoms with Gasteiger partial charge in [-0.2, -0.15) is 5.43 Å². The van der Waals surface area contributed by atoms with Gasteiger partial charge in [-0.05, 0) is 115 Å². The number of quaternary nitrogens is 1. The van der Waals surface area contributed by atoms with Gasteiger partial charge in [0.15, 0.2) is 5.92 Å². The molecule has 4 N–H and O–H groups in total. The summed E-state index contributed by atoms with van der Waals surface area (Å²) < 4.78 is 13.5. The maximum atomic E-state index is 12.7. The normalized spacial score (nSPS) is 13.0. The summed E-state index contributed by atoms with van der Waals surface area (Å²) in [7, 11) is 0. The molecule has 2 aliphatic heterocycles. The van der Waals surface area contributed by atoms with E-state index in [9.17, 15) is 19.5 Å². The predicted molar refractivity (Wildman–Crippen MR) is 213 cm³/mol. The van der Waals surface area contributed by atoms with E-state index in [4.69, 9.17) is 32.7 Å². The summed E-state index contributed by atoms with van der Waals surface area (Å²) >= 11 is 12.2. The average Bonchev–Trinajstić information content (AvgIpc) is 3.94. The van der Waals surface area contributed by atoms with Gasteiger partial charge in [0, 0.05) is 36.1 Å². The van der Waals surface area contributed by atoms with Crippen molar-refractivity contribution >= 4 is 35.1 Å². The molecule has 0 radical (unpaired) electrons. The second-order valence-electron chi connectivity index (χ2n) is 13.0. The van der Waals surface area contributed by atoms with E-state index in [-0.39, 0.29) is 24.7 Å². The number of aryl methyl sites for hydroxylation is 2. The van der Waals surface area contributed by atoms with Crippen molar-refractivity contribution in [3.63, 3.8) is 0 Å². The molecule has 1 saturated heterocycles. The van der Waals surface area contributed by atoms with Crippen molar-refractivity contribution in [2.75, 3.05) is 26.3 Å². The van der Waals surface area contributed by atoms with Crippen LogP contribution in [0.5, 0.6) is 5.88 Å². The monoisotopic (exact) mass is 773 g/mol. The van der Waals surface area contributed by atoms with E-state index in [2.05, 4.69) is 10.9 Å². The second-order valence-corrected chi connectivity index (χ2v) is 13.8. The van der Waals surface area contributed by atoms with Crippen LogP contribution in [0, 0.1) is 13.8 Å². The summed E-state index contributed by atoms with van der Waals surface area (Å²) in [6.45, 7) is 11.4. The number of nitrogens with two attached hydrogens (primary N) is 1. The highest BCUT2D eigenvalue weighted by Crippen LogP contribution is 2.35. The smallest absolute Gasteiger partial charge is 0.324 e. The van der Waals surface area contributed by atoms with Crippen LogP contribution in [-0.4, -0.2) is 52.7 Å². The molecule has 0 bridgehead atoms. The van der Waals surface area contributed by atoms with Crippen molar-refractivity contribution in [3.8, 4) is 39.3 Å². The Bertz CT molecular complexity index is 2130. The van der Waals surface area contributed by atoms with E-state index >= 15 is 0 Å². The van der Waals surface area contributed by atoms with Crippen molar-refractivity contribution in [3.05, 3.63) is 122 Å². The summed E-state index contributed by atoms with van der Waals surface area (Å²) in [5.74, 6) is -2.25. The number of ether oxygens (including phenoxy) is 2. The number of aromatic hydroxyl groups is 1. The van der Waals surface area contributed by atoms with Gasteiger partial charge in [0.05, 0.1) is 19.8 Å². The first-order valence-corrected chi connectivity index (χ1v) is 18.9. The molecule has 12 heteroatoms. The van der Waals surface area contributed by atoms with Gasteiger partial charge < -0.3 is 14.6 Å². The molecule has 10 nitrogen and oxygen atoms in total. The number of nitrogens with one attached hydrogen (secondary N) is 1. The number of fused-ring (bicyclic) bond motifs is 1. The third-order valence-corrected chi connectivity index (χ3v) is 9.69. The number of aromatic nitrogens is 2. The number of carbonyl (C=O) groups excluding carboxylic acids is 2. The molecule has 0 spiro atoms. The molecule has 5 aromatic rings. The van der Waals surface area contributed by atoms with Crippen LogP contribution in [0.3, 0.4) is 0 Å². The fourth-order valence-electron chi connectivity index (χ4n) is 6.48. The van der Waals surface area contributed by atoms with Crippen molar-refractivity contribution in [2.24, 2.45) is 0 Å². The van der Waals surface area contributed by atoms with Crippen LogP contribution in [-0.2, 0) is 32.2 Å².